The van der Waals surface area contributed by atoms with Gasteiger partial charge in [-0.25, -0.2) is 0 Å². The van der Waals surface area contributed by atoms with Crippen molar-refractivity contribution in [3.05, 3.63) is 77.4 Å². The quantitative estimate of drug-likeness (QED) is 0.340. The summed E-state index contributed by atoms with van der Waals surface area (Å²) in [5.74, 6) is 3.82. The summed E-state index contributed by atoms with van der Waals surface area (Å²) in [7, 11) is 8.85. The molecule has 0 spiro atoms. The Morgan fingerprint density at radius 1 is 0.778 bits per heavy atom. The van der Waals surface area contributed by atoms with Crippen LogP contribution in [0, 0.1) is 0 Å². The van der Waals surface area contributed by atoms with E-state index in [1.807, 2.05) is 12.1 Å². The van der Waals surface area contributed by atoms with Gasteiger partial charge in [-0.1, -0.05) is 36.4 Å². The van der Waals surface area contributed by atoms with Crippen molar-refractivity contribution in [1.29, 1.82) is 0 Å². The molecule has 6 heteroatoms. The van der Waals surface area contributed by atoms with Gasteiger partial charge in [-0.2, -0.15) is 0 Å². The van der Waals surface area contributed by atoms with Crippen molar-refractivity contribution in [3.8, 4) is 28.7 Å². The highest BCUT2D eigenvalue weighted by Crippen LogP contribution is 2.50. The molecule has 1 heterocycles. The second-order valence-corrected chi connectivity index (χ2v) is 9.29. The first-order valence-corrected chi connectivity index (χ1v) is 12.4. The van der Waals surface area contributed by atoms with E-state index in [2.05, 4.69) is 60.5 Å². The first kappa shape index (κ1) is 25.7. The largest absolute Gasteiger partial charge is 0.493 e. The van der Waals surface area contributed by atoms with Crippen molar-refractivity contribution in [1.82, 2.24) is 4.90 Å². The molecule has 6 nitrogen and oxygen atoms in total. The first-order chi connectivity index (χ1) is 17.5. The zero-order valence-corrected chi connectivity index (χ0v) is 22.0. The van der Waals surface area contributed by atoms with Gasteiger partial charge < -0.3 is 28.6 Å². The minimum Gasteiger partial charge on any atom is -0.493 e. The van der Waals surface area contributed by atoms with Crippen LogP contribution in [0.1, 0.15) is 29.5 Å². The van der Waals surface area contributed by atoms with Crippen LogP contribution in [-0.4, -0.2) is 60.1 Å². The molecule has 1 aliphatic heterocycles. The zero-order chi connectivity index (χ0) is 25.5. The van der Waals surface area contributed by atoms with Gasteiger partial charge in [0.2, 0.25) is 0 Å². The summed E-state index contributed by atoms with van der Waals surface area (Å²) < 4.78 is 28.2. The van der Waals surface area contributed by atoms with Gasteiger partial charge in [0.15, 0.2) is 23.0 Å². The van der Waals surface area contributed by atoms with Crippen molar-refractivity contribution in [3.63, 3.8) is 0 Å². The topological polar surface area (TPSA) is 49.4 Å². The molecule has 3 aromatic rings. The van der Waals surface area contributed by atoms with Gasteiger partial charge in [0.05, 0.1) is 33.9 Å². The molecule has 0 radical (unpaired) electrons. The number of rotatable bonds is 12. The summed E-state index contributed by atoms with van der Waals surface area (Å²) in [4.78, 5) is 2.39. The standard InChI is InChI=1S/C30H37NO5/c1-31(17-14-22-12-13-25(32-2)27(18-22)33-3)16-9-15-30(23-10-7-6-8-11-23)21-36-26-20-29(35-5)28(34-4)19-24(26)30/h6-8,10-13,18-20H,9,14-17,21H2,1-5H3. The highest BCUT2D eigenvalue weighted by atomic mass is 16.5. The fourth-order valence-electron chi connectivity index (χ4n) is 5.10. The lowest BCUT2D eigenvalue weighted by Gasteiger charge is -2.30. The van der Waals surface area contributed by atoms with Crippen LogP contribution in [0.2, 0.25) is 0 Å². The summed E-state index contributed by atoms with van der Waals surface area (Å²) in [5.41, 5.74) is 3.45. The van der Waals surface area contributed by atoms with Crippen LogP contribution in [0.3, 0.4) is 0 Å². The van der Waals surface area contributed by atoms with Crippen molar-refractivity contribution < 1.29 is 23.7 Å². The van der Waals surface area contributed by atoms with Crippen LogP contribution < -0.4 is 23.7 Å². The van der Waals surface area contributed by atoms with Crippen LogP contribution in [0.5, 0.6) is 28.7 Å². The van der Waals surface area contributed by atoms with Crippen molar-refractivity contribution >= 4 is 0 Å². The molecule has 1 unspecified atom stereocenters. The molecular formula is C30H37NO5. The molecule has 0 amide bonds. The highest BCUT2D eigenvalue weighted by Gasteiger charge is 2.42. The third-order valence-electron chi connectivity index (χ3n) is 7.18. The Bertz CT molecular complexity index is 1150. The van der Waals surface area contributed by atoms with Crippen molar-refractivity contribution in [2.24, 2.45) is 0 Å². The van der Waals surface area contributed by atoms with E-state index in [0.717, 1.165) is 55.4 Å². The Balaban J connectivity index is 1.46. The lowest BCUT2D eigenvalue weighted by Crippen LogP contribution is -2.31. The number of methoxy groups -OCH3 is 4. The summed E-state index contributed by atoms with van der Waals surface area (Å²) in [6.45, 7) is 2.56. The molecule has 1 atom stereocenters. The van der Waals surface area contributed by atoms with Gasteiger partial charge in [-0.15, -0.1) is 0 Å². The van der Waals surface area contributed by atoms with E-state index in [-0.39, 0.29) is 5.41 Å². The lowest BCUT2D eigenvalue weighted by atomic mass is 9.72. The SMILES string of the molecule is COc1ccc(CCN(C)CCCC2(c3ccccc3)COc3cc(OC)c(OC)cc32)cc1OC. The molecule has 36 heavy (non-hydrogen) atoms. The van der Waals surface area contributed by atoms with E-state index in [1.54, 1.807) is 28.4 Å². The summed E-state index contributed by atoms with van der Waals surface area (Å²) in [6.07, 6.45) is 2.96. The zero-order valence-electron chi connectivity index (χ0n) is 22.0. The van der Waals surface area contributed by atoms with E-state index < -0.39 is 0 Å². The molecule has 0 fully saturated rings. The number of fused-ring (bicyclic) bond motifs is 1. The average molecular weight is 492 g/mol. The first-order valence-electron chi connectivity index (χ1n) is 12.4. The van der Waals surface area contributed by atoms with Crippen LogP contribution in [0.4, 0.5) is 0 Å². The Morgan fingerprint density at radius 2 is 1.44 bits per heavy atom. The highest BCUT2D eigenvalue weighted by molar-refractivity contribution is 5.58. The number of nitrogens with zero attached hydrogens (tertiary/aromatic N) is 1. The van der Waals surface area contributed by atoms with Crippen LogP contribution in [0.15, 0.2) is 60.7 Å². The number of hydrogen-bond donors (Lipinski definition) is 0. The average Bonchev–Trinajstić information content (AvgIpc) is 3.29. The maximum absolute atomic E-state index is 6.24. The number of benzene rings is 3. The van der Waals surface area contributed by atoms with E-state index in [4.69, 9.17) is 23.7 Å². The molecular weight excluding hydrogens is 454 g/mol. The van der Waals surface area contributed by atoms with Crippen molar-refractivity contribution in [2.75, 3.05) is 55.2 Å². The van der Waals surface area contributed by atoms with E-state index in [9.17, 15) is 0 Å². The minimum absolute atomic E-state index is 0.222. The van der Waals surface area contributed by atoms with Gasteiger partial charge >= 0.3 is 0 Å². The summed E-state index contributed by atoms with van der Waals surface area (Å²) in [6, 6.07) is 20.9. The fourth-order valence-corrected chi connectivity index (χ4v) is 5.10. The minimum atomic E-state index is -0.222. The van der Waals surface area contributed by atoms with Gasteiger partial charge in [0.1, 0.15) is 12.4 Å². The summed E-state index contributed by atoms with van der Waals surface area (Å²) in [5, 5.41) is 0. The van der Waals surface area contributed by atoms with Gasteiger partial charge in [0.25, 0.3) is 0 Å². The second-order valence-electron chi connectivity index (χ2n) is 9.29. The molecule has 192 valence electrons. The number of hydrogen-bond acceptors (Lipinski definition) is 6. The molecule has 0 saturated heterocycles. The Hall–Kier alpha value is -3.38. The molecule has 1 aliphatic rings. The van der Waals surface area contributed by atoms with Gasteiger partial charge in [0, 0.05) is 18.2 Å². The Morgan fingerprint density at radius 3 is 2.14 bits per heavy atom. The smallest absolute Gasteiger partial charge is 0.164 e. The molecule has 0 N–H and O–H groups in total. The van der Waals surface area contributed by atoms with Crippen LogP contribution in [0.25, 0.3) is 0 Å². The Labute approximate surface area is 214 Å². The van der Waals surface area contributed by atoms with Crippen molar-refractivity contribution in [2.45, 2.75) is 24.7 Å². The van der Waals surface area contributed by atoms with E-state index >= 15 is 0 Å². The fraction of sp³-hybridized carbons (Fsp3) is 0.400. The third-order valence-corrected chi connectivity index (χ3v) is 7.18. The van der Waals surface area contributed by atoms with Crippen LogP contribution >= 0.6 is 0 Å². The predicted octanol–water partition coefficient (Wildman–Crippen LogP) is 5.35. The van der Waals surface area contributed by atoms with E-state index in [0.29, 0.717) is 12.4 Å². The van der Waals surface area contributed by atoms with Crippen LogP contribution in [-0.2, 0) is 11.8 Å². The molecule has 4 rings (SSSR count). The second kappa shape index (κ2) is 11.6. The number of likely N-dealkylation sites (N-methyl/N-ethyl adjacent to an activating group) is 1. The molecule has 0 aromatic heterocycles. The number of ether oxygens (including phenoxy) is 5. The van der Waals surface area contributed by atoms with E-state index in [1.165, 1.54) is 16.7 Å². The van der Waals surface area contributed by atoms with Gasteiger partial charge in [-0.3, -0.25) is 0 Å². The maximum Gasteiger partial charge on any atom is 0.164 e. The van der Waals surface area contributed by atoms with Gasteiger partial charge in [-0.05, 0) is 62.2 Å². The third kappa shape index (κ3) is 5.24. The molecule has 0 bridgehead atoms. The monoisotopic (exact) mass is 491 g/mol. The lowest BCUT2D eigenvalue weighted by molar-refractivity contribution is 0.262. The Kier molecular flexibility index (Phi) is 8.26. The molecule has 0 saturated carbocycles. The summed E-state index contributed by atoms with van der Waals surface area (Å²) >= 11 is 0. The normalized spacial score (nSPS) is 16.4. The molecule has 3 aromatic carbocycles. The maximum atomic E-state index is 6.24. The predicted molar refractivity (Wildman–Crippen MR) is 142 cm³/mol. The molecule has 0 aliphatic carbocycles.